The molecule has 6 rings (SSSR count). The number of urea groups is 1. The Morgan fingerprint density at radius 3 is 2.13 bits per heavy atom. The Hall–Kier alpha value is -4.01. The van der Waals surface area contributed by atoms with Crippen molar-refractivity contribution in [1.29, 1.82) is 0 Å². The van der Waals surface area contributed by atoms with Gasteiger partial charge < -0.3 is 30.1 Å². The third-order valence-corrected chi connectivity index (χ3v) is 8.72. The Morgan fingerprint density at radius 2 is 1.40 bits per heavy atom. The van der Waals surface area contributed by atoms with Crippen LogP contribution in [0, 0.1) is 0 Å². The van der Waals surface area contributed by atoms with E-state index in [2.05, 4.69) is 64.1 Å². The summed E-state index contributed by atoms with van der Waals surface area (Å²) in [5.74, 6) is 0. The van der Waals surface area contributed by atoms with Crippen LogP contribution in [0.2, 0.25) is 0 Å². The van der Waals surface area contributed by atoms with Crippen molar-refractivity contribution < 1.29 is 19.4 Å². The van der Waals surface area contributed by atoms with E-state index < -0.39 is 6.29 Å². The number of aliphatic hydroxyl groups is 1. The van der Waals surface area contributed by atoms with Crippen molar-refractivity contribution in [3.05, 3.63) is 131 Å². The van der Waals surface area contributed by atoms with Gasteiger partial charge in [0.1, 0.15) is 0 Å². The molecule has 3 N–H and O–H groups in total. The molecule has 2 aliphatic heterocycles. The third-order valence-electron chi connectivity index (χ3n) is 8.72. The van der Waals surface area contributed by atoms with E-state index in [0.717, 1.165) is 65.0 Å². The summed E-state index contributed by atoms with van der Waals surface area (Å²) in [5.41, 5.74) is 7.26. The molecule has 2 saturated heterocycles. The minimum Gasteiger partial charge on any atom is -0.392 e. The molecule has 0 aliphatic carbocycles. The smallest absolute Gasteiger partial charge is 0.315 e. The van der Waals surface area contributed by atoms with Crippen LogP contribution < -0.4 is 10.6 Å². The fraction of sp³-hybridized carbons (Fsp3) is 0.342. The molecule has 4 aromatic carbocycles. The van der Waals surface area contributed by atoms with Crippen LogP contribution >= 0.6 is 0 Å². The maximum Gasteiger partial charge on any atom is 0.315 e. The van der Waals surface area contributed by atoms with Gasteiger partial charge in [-0.3, -0.25) is 0 Å². The summed E-state index contributed by atoms with van der Waals surface area (Å²) >= 11 is 0. The standard InChI is InChI=1S/C38H43N3O4/c42-27-29-12-14-32(15-13-29)36-23-35(26-41-20-5-2-6-21-41)44-37(45-36)33-18-16-31(17-19-33)34-11-7-10-30(22-34)25-40-38(43)39-24-28-8-3-1-4-9-28/h1,3-4,7-19,22,35-37,42H,2,5-6,20-21,23-27H2,(H2,39,40,43)/t35-,36+,37+/m1/s1. The van der Waals surface area contributed by atoms with E-state index in [4.69, 9.17) is 9.47 Å². The van der Waals surface area contributed by atoms with Gasteiger partial charge in [0.15, 0.2) is 6.29 Å². The normalized spacial score (nSPS) is 20.4. The van der Waals surface area contributed by atoms with Gasteiger partial charge in [-0.05, 0) is 65.4 Å². The quantitative estimate of drug-likeness (QED) is 0.184. The summed E-state index contributed by atoms with van der Waals surface area (Å²) in [6, 6.07) is 34.4. The average Bonchev–Trinajstić information content (AvgIpc) is 3.11. The summed E-state index contributed by atoms with van der Waals surface area (Å²) in [6.07, 6.45) is 4.13. The van der Waals surface area contributed by atoms with E-state index in [0.29, 0.717) is 13.1 Å². The molecule has 2 amide bonds. The van der Waals surface area contributed by atoms with Crippen LogP contribution in [0.3, 0.4) is 0 Å². The molecule has 234 valence electrons. The highest BCUT2D eigenvalue weighted by Crippen LogP contribution is 2.39. The van der Waals surface area contributed by atoms with Crippen LogP contribution in [0.1, 0.15) is 65.9 Å². The number of amides is 2. The number of piperidine rings is 1. The molecule has 0 saturated carbocycles. The van der Waals surface area contributed by atoms with Crippen LogP contribution in [0.4, 0.5) is 4.79 Å². The summed E-state index contributed by atoms with van der Waals surface area (Å²) in [4.78, 5) is 14.9. The maximum atomic E-state index is 12.4. The third kappa shape index (κ3) is 8.59. The van der Waals surface area contributed by atoms with Gasteiger partial charge in [0, 0.05) is 31.6 Å². The molecule has 0 radical (unpaired) electrons. The molecule has 7 heteroatoms. The lowest BCUT2D eigenvalue weighted by atomic mass is 9.98. The molecular formula is C38H43N3O4. The molecular weight excluding hydrogens is 562 g/mol. The highest BCUT2D eigenvalue weighted by atomic mass is 16.7. The molecule has 0 aromatic heterocycles. The highest BCUT2D eigenvalue weighted by molar-refractivity contribution is 5.74. The van der Waals surface area contributed by atoms with Gasteiger partial charge in [-0.25, -0.2) is 4.79 Å². The number of likely N-dealkylation sites (tertiary alicyclic amines) is 1. The SMILES string of the molecule is O=C(NCc1ccccc1)NCc1cccc(-c2ccc([C@H]3O[C@@H](CN4CCCCC4)C[C@@H](c4ccc(CO)cc4)O3)cc2)c1. The van der Waals surface area contributed by atoms with Crippen LogP contribution in [0.15, 0.2) is 103 Å². The first-order valence-corrected chi connectivity index (χ1v) is 16.1. The van der Waals surface area contributed by atoms with Crippen molar-refractivity contribution in [2.75, 3.05) is 19.6 Å². The van der Waals surface area contributed by atoms with Crippen LogP contribution in [0.5, 0.6) is 0 Å². The Labute approximate surface area is 266 Å². The van der Waals surface area contributed by atoms with Crippen molar-refractivity contribution in [3.63, 3.8) is 0 Å². The molecule has 0 spiro atoms. The van der Waals surface area contributed by atoms with E-state index in [9.17, 15) is 9.90 Å². The van der Waals surface area contributed by atoms with E-state index in [1.54, 1.807) is 0 Å². The second-order valence-electron chi connectivity index (χ2n) is 12.1. The summed E-state index contributed by atoms with van der Waals surface area (Å²) in [7, 11) is 0. The molecule has 4 aromatic rings. The summed E-state index contributed by atoms with van der Waals surface area (Å²) in [5, 5.41) is 15.4. The van der Waals surface area contributed by atoms with E-state index in [1.165, 1.54) is 19.3 Å². The van der Waals surface area contributed by atoms with Crippen molar-refractivity contribution in [2.45, 2.75) is 63.9 Å². The lowest BCUT2D eigenvalue weighted by Gasteiger charge is -2.39. The average molecular weight is 606 g/mol. The van der Waals surface area contributed by atoms with E-state index >= 15 is 0 Å². The topological polar surface area (TPSA) is 83.1 Å². The van der Waals surface area contributed by atoms with Gasteiger partial charge in [0.25, 0.3) is 0 Å². The van der Waals surface area contributed by atoms with Gasteiger partial charge in [-0.15, -0.1) is 0 Å². The minimum atomic E-state index is -0.463. The number of rotatable bonds is 10. The number of aliphatic hydroxyl groups excluding tert-OH is 1. The molecule has 0 bridgehead atoms. The summed E-state index contributed by atoms with van der Waals surface area (Å²) < 4.78 is 13.2. The number of carbonyl (C=O) groups is 1. The minimum absolute atomic E-state index is 0.0327. The van der Waals surface area contributed by atoms with Gasteiger partial charge in [0.2, 0.25) is 0 Å². The molecule has 2 fully saturated rings. The van der Waals surface area contributed by atoms with Crippen LogP contribution in [-0.2, 0) is 29.2 Å². The number of benzene rings is 4. The van der Waals surface area contributed by atoms with Crippen LogP contribution in [-0.4, -0.2) is 41.8 Å². The molecule has 2 heterocycles. The first-order valence-electron chi connectivity index (χ1n) is 16.1. The molecule has 3 atom stereocenters. The zero-order valence-corrected chi connectivity index (χ0v) is 25.7. The van der Waals surface area contributed by atoms with Gasteiger partial charge >= 0.3 is 6.03 Å². The second kappa shape index (κ2) is 15.3. The number of ether oxygens (including phenoxy) is 2. The van der Waals surface area contributed by atoms with E-state index in [1.807, 2.05) is 54.6 Å². The first-order chi connectivity index (χ1) is 22.1. The monoisotopic (exact) mass is 605 g/mol. The largest absolute Gasteiger partial charge is 0.392 e. The number of nitrogens with zero attached hydrogens (tertiary/aromatic N) is 1. The molecule has 45 heavy (non-hydrogen) atoms. The highest BCUT2D eigenvalue weighted by Gasteiger charge is 2.33. The van der Waals surface area contributed by atoms with Crippen molar-refractivity contribution in [3.8, 4) is 11.1 Å². The van der Waals surface area contributed by atoms with Crippen molar-refractivity contribution in [1.82, 2.24) is 15.5 Å². The lowest BCUT2D eigenvalue weighted by molar-refractivity contribution is -0.253. The van der Waals surface area contributed by atoms with Gasteiger partial charge in [-0.1, -0.05) is 103 Å². The molecule has 2 aliphatic rings. The van der Waals surface area contributed by atoms with Gasteiger partial charge in [-0.2, -0.15) is 0 Å². The lowest BCUT2D eigenvalue weighted by Crippen LogP contribution is -2.41. The number of hydrogen-bond donors (Lipinski definition) is 3. The fourth-order valence-electron chi connectivity index (χ4n) is 6.18. The number of nitrogens with one attached hydrogen (secondary N) is 2. The van der Waals surface area contributed by atoms with Crippen molar-refractivity contribution >= 4 is 6.03 Å². The van der Waals surface area contributed by atoms with Gasteiger partial charge in [0.05, 0.1) is 18.8 Å². The number of carbonyl (C=O) groups excluding carboxylic acids is 1. The molecule has 7 nitrogen and oxygen atoms in total. The Morgan fingerprint density at radius 1 is 0.711 bits per heavy atom. The number of hydrogen-bond acceptors (Lipinski definition) is 5. The molecule has 0 unspecified atom stereocenters. The van der Waals surface area contributed by atoms with Crippen LogP contribution in [0.25, 0.3) is 11.1 Å². The zero-order chi connectivity index (χ0) is 30.8. The Kier molecular flexibility index (Phi) is 10.6. The zero-order valence-electron chi connectivity index (χ0n) is 25.7. The Bertz CT molecular complexity index is 1500. The second-order valence-corrected chi connectivity index (χ2v) is 12.1. The maximum absolute atomic E-state index is 12.4. The predicted octanol–water partition coefficient (Wildman–Crippen LogP) is 6.88. The fourth-order valence-corrected chi connectivity index (χ4v) is 6.18. The van der Waals surface area contributed by atoms with E-state index in [-0.39, 0.29) is 24.8 Å². The first kappa shape index (κ1) is 31.0. The van der Waals surface area contributed by atoms with Crippen molar-refractivity contribution in [2.24, 2.45) is 0 Å². The predicted molar refractivity (Wildman–Crippen MR) is 176 cm³/mol. The summed E-state index contributed by atoms with van der Waals surface area (Å²) in [6.45, 7) is 4.13. The Balaban J connectivity index is 1.10.